The summed E-state index contributed by atoms with van der Waals surface area (Å²) < 4.78 is 15.8. The smallest absolute Gasteiger partial charge is 0.262 e. The van der Waals surface area contributed by atoms with Gasteiger partial charge in [-0.15, -0.1) is 0 Å². The third-order valence-corrected chi connectivity index (χ3v) is 3.69. The third kappa shape index (κ3) is 4.55. The monoisotopic (exact) mass is 349 g/mol. The van der Waals surface area contributed by atoms with Crippen LogP contribution in [0.2, 0.25) is 5.02 Å². The fourth-order valence-electron chi connectivity index (χ4n) is 2.26. The summed E-state index contributed by atoms with van der Waals surface area (Å²) in [6.45, 7) is 3.69. The molecule has 6 heteroatoms. The van der Waals surface area contributed by atoms with Crippen molar-refractivity contribution in [3.63, 3.8) is 0 Å². The van der Waals surface area contributed by atoms with Crippen LogP contribution in [0.25, 0.3) is 0 Å². The van der Waals surface area contributed by atoms with Crippen molar-refractivity contribution in [1.82, 2.24) is 0 Å². The normalized spacial score (nSPS) is 10.2. The lowest BCUT2D eigenvalue weighted by Crippen LogP contribution is -2.21. The number of ether oxygens (including phenoxy) is 3. The third-order valence-electron chi connectivity index (χ3n) is 3.39. The zero-order valence-electron chi connectivity index (χ0n) is 14.1. The Morgan fingerprint density at radius 2 is 1.58 bits per heavy atom. The Bertz CT molecular complexity index is 701. The van der Waals surface area contributed by atoms with E-state index in [9.17, 15) is 4.79 Å². The van der Waals surface area contributed by atoms with Gasteiger partial charge in [-0.1, -0.05) is 17.7 Å². The molecule has 1 amide bonds. The summed E-state index contributed by atoms with van der Waals surface area (Å²) in [6, 6.07) is 8.84. The number of hydrogen-bond acceptors (Lipinski definition) is 4. The van der Waals surface area contributed by atoms with Gasteiger partial charge in [0.05, 0.1) is 24.9 Å². The van der Waals surface area contributed by atoms with Crippen LogP contribution in [0.5, 0.6) is 17.2 Å². The highest BCUT2D eigenvalue weighted by Crippen LogP contribution is 2.28. The highest BCUT2D eigenvalue weighted by molar-refractivity contribution is 6.34. The molecule has 2 rings (SSSR count). The van der Waals surface area contributed by atoms with Crippen molar-refractivity contribution in [3.05, 3.63) is 46.5 Å². The Hall–Kier alpha value is -2.40. The number of carbonyl (C=O) groups excluding carboxylic acids is 1. The number of hydrogen-bond donors (Lipinski definition) is 1. The molecule has 0 aliphatic carbocycles. The minimum atomic E-state index is -0.300. The minimum Gasteiger partial charge on any atom is -0.496 e. The molecule has 0 spiro atoms. The van der Waals surface area contributed by atoms with Crippen molar-refractivity contribution in [2.45, 2.75) is 13.8 Å². The van der Waals surface area contributed by atoms with E-state index in [4.69, 9.17) is 25.8 Å². The summed E-state index contributed by atoms with van der Waals surface area (Å²) in [5.74, 6) is 1.35. The minimum absolute atomic E-state index is 0.153. The second-order valence-corrected chi connectivity index (χ2v) is 5.73. The predicted octanol–water partition coefficient (Wildman–Crippen LogP) is 3.99. The summed E-state index contributed by atoms with van der Waals surface area (Å²) in [6.07, 6.45) is 0. The molecule has 0 saturated carbocycles. The van der Waals surface area contributed by atoms with E-state index in [-0.39, 0.29) is 12.5 Å². The number of aryl methyl sites for hydroxylation is 2. The van der Waals surface area contributed by atoms with Gasteiger partial charge in [0.1, 0.15) is 17.2 Å². The van der Waals surface area contributed by atoms with Crippen LogP contribution in [0.1, 0.15) is 11.1 Å². The Morgan fingerprint density at radius 3 is 2.12 bits per heavy atom. The van der Waals surface area contributed by atoms with Crippen LogP contribution in [0, 0.1) is 13.8 Å². The second kappa shape index (κ2) is 7.93. The molecule has 0 heterocycles. The Balaban J connectivity index is 2.04. The summed E-state index contributed by atoms with van der Waals surface area (Å²) >= 11 is 6.19. The fraction of sp³-hybridized carbons (Fsp3) is 0.278. The van der Waals surface area contributed by atoms with Crippen LogP contribution in [-0.4, -0.2) is 26.7 Å². The molecule has 0 radical (unpaired) electrons. The number of anilines is 1. The van der Waals surface area contributed by atoms with Crippen molar-refractivity contribution in [3.8, 4) is 17.2 Å². The van der Waals surface area contributed by atoms with E-state index in [1.807, 2.05) is 19.9 Å². The maximum atomic E-state index is 12.1. The lowest BCUT2D eigenvalue weighted by atomic mass is 10.1. The average Bonchev–Trinajstić information content (AvgIpc) is 2.55. The standard InChI is InChI=1S/C18H20ClNO4/c1-11-5-12(2)18(16(19)6-11)20-17(21)10-24-15-8-13(22-3)7-14(9-15)23-4/h5-9H,10H2,1-4H3,(H,20,21). The highest BCUT2D eigenvalue weighted by Gasteiger charge is 2.11. The Morgan fingerprint density at radius 1 is 1.00 bits per heavy atom. The number of methoxy groups -OCH3 is 2. The molecule has 1 N–H and O–H groups in total. The zero-order chi connectivity index (χ0) is 17.7. The summed E-state index contributed by atoms with van der Waals surface area (Å²) in [7, 11) is 3.10. The van der Waals surface area contributed by atoms with Crippen molar-refractivity contribution in [1.29, 1.82) is 0 Å². The molecule has 0 saturated heterocycles. The van der Waals surface area contributed by atoms with Gasteiger partial charge < -0.3 is 19.5 Å². The topological polar surface area (TPSA) is 56.8 Å². The van der Waals surface area contributed by atoms with Gasteiger partial charge in [-0.2, -0.15) is 0 Å². The van der Waals surface area contributed by atoms with E-state index in [1.54, 1.807) is 38.5 Å². The molecule has 24 heavy (non-hydrogen) atoms. The van der Waals surface area contributed by atoms with E-state index in [0.717, 1.165) is 11.1 Å². The first kappa shape index (κ1) is 17.9. The van der Waals surface area contributed by atoms with Gasteiger partial charge in [-0.3, -0.25) is 4.79 Å². The number of carbonyl (C=O) groups is 1. The van der Waals surface area contributed by atoms with Gasteiger partial charge in [-0.25, -0.2) is 0 Å². The first-order chi connectivity index (χ1) is 11.4. The number of nitrogens with one attached hydrogen (secondary N) is 1. The van der Waals surface area contributed by atoms with E-state index in [0.29, 0.717) is 28.0 Å². The molecule has 128 valence electrons. The van der Waals surface area contributed by atoms with E-state index in [2.05, 4.69) is 5.32 Å². The molecule has 5 nitrogen and oxygen atoms in total. The van der Waals surface area contributed by atoms with Crippen LogP contribution in [0.4, 0.5) is 5.69 Å². The molecule has 2 aromatic rings. The average molecular weight is 350 g/mol. The lowest BCUT2D eigenvalue weighted by Gasteiger charge is -2.13. The van der Waals surface area contributed by atoms with E-state index in [1.165, 1.54) is 0 Å². The lowest BCUT2D eigenvalue weighted by molar-refractivity contribution is -0.118. The van der Waals surface area contributed by atoms with Crippen LogP contribution < -0.4 is 19.5 Å². The van der Waals surface area contributed by atoms with E-state index >= 15 is 0 Å². The zero-order valence-corrected chi connectivity index (χ0v) is 14.9. The van der Waals surface area contributed by atoms with Gasteiger partial charge in [0.25, 0.3) is 5.91 Å². The molecule has 2 aromatic carbocycles. The molecular weight excluding hydrogens is 330 g/mol. The molecule has 0 atom stereocenters. The van der Waals surface area contributed by atoms with Crippen molar-refractivity contribution in [2.75, 3.05) is 26.1 Å². The first-order valence-electron chi connectivity index (χ1n) is 7.35. The van der Waals surface area contributed by atoms with Crippen LogP contribution in [0.15, 0.2) is 30.3 Å². The van der Waals surface area contributed by atoms with Crippen LogP contribution in [-0.2, 0) is 4.79 Å². The largest absolute Gasteiger partial charge is 0.496 e. The predicted molar refractivity (Wildman–Crippen MR) is 94.6 cm³/mol. The number of rotatable bonds is 6. The Labute approximate surface area is 146 Å². The molecule has 0 unspecified atom stereocenters. The van der Waals surface area contributed by atoms with Crippen LogP contribution in [0.3, 0.4) is 0 Å². The quantitative estimate of drug-likeness (QED) is 0.856. The molecule has 0 aromatic heterocycles. The first-order valence-corrected chi connectivity index (χ1v) is 7.73. The van der Waals surface area contributed by atoms with Crippen molar-refractivity contribution >= 4 is 23.2 Å². The van der Waals surface area contributed by atoms with Gasteiger partial charge in [0.15, 0.2) is 6.61 Å². The fourth-order valence-corrected chi connectivity index (χ4v) is 2.63. The van der Waals surface area contributed by atoms with Gasteiger partial charge in [-0.05, 0) is 31.0 Å². The highest BCUT2D eigenvalue weighted by atomic mass is 35.5. The second-order valence-electron chi connectivity index (χ2n) is 5.32. The maximum absolute atomic E-state index is 12.1. The van der Waals surface area contributed by atoms with Crippen molar-refractivity contribution in [2.24, 2.45) is 0 Å². The molecule has 0 fully saturated rings. The SMILES string of the molecule is COc1cc(OC)cc(OCC(=O)Nc2c(C)cc(C)cc2Cl)c1. The van der Waals surface area contributed by atoms with Gasteiger partial charge in [0.2, 0.25) is 0 Å². The summed E-state index contributed by atoms with van der Waals surface area (Å²) in [5, 5.41) is 3.28. The van der Waals surface area contributed by atoms with Crippen LogP contribution >= 0.6 is 11.6 Å². The van der Waals surface area contributed by atoms with Crippen molar-refractivity contribution < 1.29 is 19.0 Å². The number of benzene rings is 2. The molecule has 0 aliphatic heterocycles. The van der Waals surface area contributed by atoms with Gasteiger partial charge in [0, 0.05) is 18.2 Å². The van der Waals surface area contributed by atoms with E-state index < -0.39 is 0 Å². The molecule has 0 bridgehead atoms. The number of halogens is 1. The number of amides is 1. The summed E-state index contributed by atoms with van der Waals surface area (Å²) in [4.78, 5) is 12.1. The Kier molecular flexibility index (Phi) is 5.93. The van der Waals surface area contributed by atoms with Gasteiger partial charge >= 0.3 is 0 Å². The molecular formula is C18H20ClNO4. The molecule has 0 aliphatic rings. The maximum Gasteiger partial charge on any atom is 0.262 e. The summed E-state index contributed by atoms with van der Waals surface area (Å²) in [5.41, 5.74) is 2.53.